The van der Waals surface area contributed by atoms with Gasteiger partial charge in [0.15, 0.2) is 5.65 Å². The van der Waals surface area contributed by atoms with E-state index in [2.05, 4.69) is 16.9 Å². The summed E-state index contributed by atoms with van der Waals surface area (Å²) >= 11 is 1.42. The van der Waals surface area contributed by atoms with Crippen LogP contribution in [0.2, 0.25) is 0 Å². The first-order valence-corrected chi connectivity index (χ1v) is 11.9. The quantitative estimate of drug-likeness (QED) is 0.445. The van der Waals surface area contributed by atoms with Gasteiger partial charge >= 0.3 is 5.97 Å². The number of rotatable bonds is 3. The maximum Gasteiger partial charge on any atom is 0.345 e. The summed E-state index contributed by atoms with van der Waals surface area (Å²) in [6.07, 6.45) is 3.79. The van der Waals surface area contributed by atoms with E-state index in [1.807, 2.05) is 28.7 Å². The first-order chi connectivity index (χ1) is 15.5. The number of benzene rings is 1. The van der Waals surface area contributed by atoms with E-state index in [1.54, 1.807) is 13.1 Å². The van der Waals surface area contributed by atoms with Gasteiger partial charge in [-0.15, -0.1) is 11.3 Å². The van der Waals surface area contributed by atoms with Crippen molar-refractivity contribution in [2.75, 3.05) is 26.7 Å². The van der Waals surface area contributed by atoms with Crippen molar-refractivity contribution in [3.8, 4) is 0 Å². The Morgan fingerprint density at radius 1 is 1.22 bits per heavy atom. The number of fused-ring (bicyclic) bond motifs is 6. The van der Waals surface area contributed by atoms with Crippen molar-refractivity contribution in [2.24, 2.45) is 11.8 Å². The third-order valence-electron chi connectivity index (χ3n) is 6.98. The predicted molar refractivity (Wildman–Crippen MR) is 125 cm³/mol. The van der Waals surface area contributed by atoms with Crippen LogP contribution in [0.1, 0.15) is 41.9 Å². The fourth-order valence-corrected chi connectivity index (χ4v) is 6.81. The predicted octanol–water partition coefficient (Wildman–Crippen LogP) is 3.69. The van der Waals surface area contributed by atoms with E-state index in [0.717, 1.165) is 42.0 Å². The molecule has 32 heavy (non-hydrogen) atoms. The standard InChI is InChI=1S/C24H24N4O3S/c1-3-31-24(30)19-20(29)16-10-25-21(13-8-14-11-27(2)12-15(14)9-13)26-22(16)28-17-6-4-5-7-18(17)32-23(19)28/h4-7,10,13-15H,3,8-9,11-12H2,1-2H3. The van der Waals surface area contributed by atoms with E-state index in [-0.39, 0.29) is 17.6 Å². The highest BCUT2D eigenvalue weighted by atomic mass is 32.1. The summed E-state index contributed by atoms with van der Waals surface area (Å²) < 4.78 is 8.16. The minimum atomic E-state index is -0.597. The molecule has 0 spiro atoms. The molecule has 4 heterocycles. The zero-order valence-corrected chi connectivity index (χ0v) is 18.9. The van der Waals surface area contributed by atoms with Gasteiger partial charge in [-0.1, -0.05) is 12.1 Å². The Bertz CT molecular complexity index is 1430. The molecule has 0 amide bonds. The Balaban J connectivity index is 1.58. The molecule has 8 heteroatoms. The average Bonchev–Trinajstić information content (AvgIpc) is 3.44. The second-order valence-corrected chi connectivity index (χ2v) is 10.0. The third kappa shape index (κ3) is 2.89. The SMILES string of the molecule is CCOC(=O)c1c(=O)c2cnc(C3CC4CN(C)CC4C3)nc2n2c1sc1ccccc12. The number of nitrogens with zero attached hydrogens (tertiary/aromatic N) is 4. The summed E-state index contributed by atoms with van der Waals surface area (Å²) in [6, 6.07) is 7.90. The lowest BCUT2D eigenvalue weighted by Gasteiger charge is -2.14. The van der Waals surface area contributed by atoms with Crippen molar-refractivity contribution < 1.29 is 9.53 Å². The topological polar surface area (TPSA) is 76.8 Å². The molecule has 1 saturated heterocycles. The van der Waals surface area contributed by atoms with Crippen molar-refractivity contribution in [3.63, 3.8) is 0 Å². The van der Waals surface area contributed by atoms with Gasteiger partial charge in [0.2, 0.25) is 5.43 Å². The van der Waals surface area contributed by atoms with Crippen LogP contribution >= 0.6 is 11.3 Å². The molecule has 0 N–H and O–H groups in total. The van der Waals surface area contributed by atoms with Gasteiger partial charge in [0.25, 0.3) is 0 Å². The van der Waals surface area contributed by atoms with E-state index in [0.29, 0.717) is 33.6 Å². The maximum atomic E-state index is 13.4. The van der Waals surface area contributed by atoms with E-state index in [9.17, 15) is 9.59 Å². The molecule has 1 saturated carbocycles. The van der Waals surface area contributed by atoms with E-state index >= 15 is 0 Å². The zero-order valence-electron chi connectivity index (χ0n) is 18.1. The van der Waals surface area contributed by atoms with Crippen LogP contribution in [0.15, 0.2) is 35.3 Å². The molecule has 1 aromatic carbocycles. The number of para-hydroxylation sites is 1. The minimum Gasteiger partial charge on any atom is -0.462 e. The second kappa shape index (κ2) is 7.35. The van der Waals surface area contributed by atoms with Crippen molar-refractivity contribution in [1.29, 1.82) is 0 Å². The van der Waals surface area contributed by atoms with Crippen LogP contribution in [-0.4, -0.2) is 52.0 Å². The zero-order chi connectivity index (χ0) is 22.0. The number of esters is 1. The van der Waals surface area contributed by atoms with Crippen LogP contribution in [0.4, 0.5) is 0 Å². The summed E-state index contributed by atoms with van der Waals surface area (Å²) in [4.78, 5) is 38.7. The molecule has 0 bridgehead atoms. The Kier molecular flexibility index (Phi) is 4.55. The van der Waals surface area contributed by atoms with Gasteiger partial charge in [-0.3, -0.25) is 9.20 Å². The van der Waals surface area contributed by atoms with Crippen LogP contribution in [0.25, 0.3) is 26.1 Å². The van der Waals surface area contributed by atoms with Crippen LogP contribution in [0, 0.1) is 11.8 Å². The van der Waals surface area contributed by atoms with E-state index in [4.69, 9.17) is 9.72 Å². The molecule has 6 rings (SSSR count). The molecule has 0 radical (unpaired) electrons. The van der Waals surface area contributed by atoms with E-state index in [1.165, 1.54) is 11.3 Å². The lowest BCUT2D eigenvalue weighted by molar-refractivity contribution is 0.0527. The highest BCUT2D eigenvalue weighted by molar-refractivity contribution is 7.24. The number of ether oxygens (including phenoxy) is 1. The molecule has 3 aromatic heterocycles. The van der Waals surface area contributed by atoms with Gasteiger partial charge < -0.3 is 9.64 Å². The number of carbonyl (C=O) groups excluding carboxylic acids is 1. The Morgan fingerprint density at radius 3 is 2.72 bits per heavy atom. The van der Waals surface area contributed by atoms with Gasteiger partial charge in [0.1, 0.15) is 16.2 Å². The first-order valence-electron chi connectivity index (χ1n) is 11.1. The molecule has 1 aliphatic carbocycles. The molecule has 2 atom stereocenters. The Morgan fingerprint density at radius 2 is 1.97 bits per heavy atom. The molecular formula is C24H24N4O3S. The number of thiazole rings is 1. The molecule has 1 aliphatic heterocycles. The van der Waals surface area contributed by atoms with Gasteiger partial charge in [-0.05, 0) is 50.8 Å². The number of hydrogen-bond donors (Lipinski definition) is 0. The summed E-state index contributed by atoms with van der Waals surface area (Å²) in [5.74, 6) is 1.91. The van der Waals surface area contributed by atoms with Crippen molar-refractivity contribution in [1.82, 2.24) is 19.3 Å². The smallest absolute Gasteiger partial charge is 0.345 e. The van der Waals surface area contributed by atoms with Crippen LogP contribution < -0.4 is 5.43 Å². The van der Waals surface area contributed by atoms with Crippen LogP contribution in [-0.2, 0) is 4.74 Å². The number of likely N-dealkylation sites (tertiary alicyclic amines) is 1. The highest BCUT2D eigenvalue weighted by Gasteiger charge is 2.41. The molecule has 2 aliphatic rings. The summed E-state index contributed by atoms with van der Waals surface area (Å²) in [5, 5.41) is 0.357. The van der Waals surface area contributed by atoms with Gasteiger partial charge in [-0.2, -0.15) is 0 Å². The number of carbonyl (C=O) groups is 1. The molecular weight excluding hydrogens is 424 g/mol. The first kappa shape index (κ1) is 19.8. The van der Waals surface area contributed by atoms with Crippen molar-refractivity contribution in [2.45, 2.75) is 25.7 Å². The maximum absolute atomic E-state index is 13.4. The van der Waals surface area contributed by atoms with Crippen LogP contribution in [0.5, 0.6) is 0 Å². The van der Waals surface area contributed by atoms with Crippen LogP contribution in [0.3, 0.4) is 0 Å². The lowest BCUT2D eigenvalue weighted by atomic mass is 10.0. The Hall–Kier alpha value is -2.84. The second-order valence-electron chi connectivity index (χ2n) is 9.01. The lowest BCUT2D eigenvalue weighted by Crippen LogP contribution is -2.21. The van der Waals surface area contributed by atoms with E-state index < -0.39 is 5.97 Å². The molecule has 2 fully saturated rings. The molecule has 4 aromatic rings. The van der Waals surface area contributed by atoms with Gasteiger partial charge in [0, 0.05) is 25.2 Å². The normalized spacial score (nSPS) is 23.4. The largest absolute Gasteiger partial charge is 0.462 e. The number of pyridine rings is 1. The Labute approximate surface area is 188 Å². The monoisotopic (exact) mass is 448 g/mol. The fraction of sp³-hybridized carbons (Fsp3) is 0.417. The third-order valence-corrected chi connectivity index (χ3v) is 8.12. The summed E-state index contributed by atoms with van der Waals surface area (Å²) in [6.45, 7) is 4.22. The van der Waals surface area contributed by atoms with Gasteiger partial charge in [-0.25, -0.2) is 14.8 Å². The minimum absolute atomic E-state index is 0.0651. The average molecular weight is 449 g/mol. The van der Waals surface area contributed by atoms with Crippen molar-refractivity contribution in [3.05, 3.63) is 52.1 Å². The molecule has 2 unspecified atom stereocenters. The van der Waals surface area contributed by atoms with Gasteiger partial charge in [0.05, 0.1) is 22.2 Å². The number of aromatic nitrogens is 3. The summed E-state index contributed by atoms with van der Waals surface area (Å²) in [5.41, 5.74) is 1.21. The molecule has 164 valence electrons. The highest BCUT2D eigenvalue weighted by Crippen LogP contribution is 2.45. The fourth-order valence-electron chi connectivity index (χ4n) is 5.63. The molecule has 7 nitrogen and oxygen atoms in total. The number of hydrogen-bond acceptors (Lipinski definition) is 7. The summed E-state index contributed by atoms with van der Waals surface area (Å²) in [7, 11) is 2.19. The van der Waals surface area contributed by atoms with Crippen molar-refractivity contribution >= 4 is 43.4 Å².